The molecule has 1 aromatic rings. The van der Waals surface area contributed by atoms with E-state index in [1.165, 1.54) is 25.5 Å². The van der Waals surface area contributed by atoms with Crippen LogP contribution in [0, 0.1) is 5.82 Å². The van der Waals surface area contributed by atoms with E-state index in [1.807, 2.05) is 0 Å². The van der Waals surface area contributed by atoms with Gasteiger partial charge in [-0.05, 0) is 44.4 Å². The van der Waals surface area contributed by atoms with Crippen molar-refractivity contribution in [3.8, 4) is 0 Å². The van der Waals surface area contributed by atoms with Gasteiger partial charge in [0, 0.05) is 24.3 Å². The number of carbonyl (C=O) groups excluding carboxylic acids is 1. The lowest BCUT2D eigenvalue weighted by Crippen LogP contribution is -2.30. The Morgan fingerprint density at radius 3 is 2.56 bits per heavy atom. The quantitative estimate of drug-likeness (QED) is 0.715. The molecule has 0 bridgehead atoms. The molecule has 0 radical (unpaired) electrons. The standard InChI is InChI=1S/C13H16FNO/c1-10(16)12-9-11(14)5-6-13(12)15-7-3-2-4-8-15/h5-6,9H,2-4,7-8H2,1H3. The number of Topliss-reactive ketones (excluding diaryl/α,β-unsaturated/α-hetero) is 1. The predicted octanol–water partition coefficient (Wildman–Crippen LogP) is 3.02. The molecule has 1 aliphatic rings. The summed E-state index contributed by atoms with van der Waals surface area (Å²) in [5.74, 6) is -0.411. The first-order valence-electron chi connectivity index (χ1n) is 5.74. The molecule has 16 heavy (non-hydrogen) atoms. The Hall–Kier alpha value is -1.38. The van der Waals surface area contributed by atoms with Crippen molar-refractivity contribution in [2.45, 2.75) is 26.2 Å². The van der Waals surface area contributed by atoms with Crippen LogP contribution in [-0.4, -0.2) is 18.9 Å². The monoisotopic (exact) mass is 221 g/mol. The minimum absolute atomic E-state index is 0.0694. The fraction of sp³-hybridized carbons (Fsp3) is 0.462. The van der Waals surface area contributed by atoms with E-state index < -0.39 is 0 Å². The Morgan fingerprint density at radius 1 is 1.25 bits per heavy atom. The zero-order valence-corrected chi connectivity index (χ0v) is 9.50. The van der Waals surface area contributed by atoms with E-state index in [2.05, 4.69) is 4.90 Å². The average molecular weight is 221 g/mol. The second-order valence-corrected chi connectivity index (χ2v) is 4.27. The van der Waals surface area contributed by atoms with Crippen LogP contribution in [0.3, 0.4) is 0 Å². The van der Waals surface area contributed by atoms with Gasteiger partial charge in [0.05, 0.1) is 0 Å². The third-order valence-corrected chi connectivity index (χ3v) is 3.03. The zero-order valence-electron chi connectivity index (χ0n) is 9.50. The van der Waals surface area contributed by atoms with E-state index >= 15 is 0 Å². The van der Waals surface area contributed by atoms with Gasteiger partial charge in [-0.15, -0.1) is 0 Å². The van der Waals surface area contributed by atoms with Crippen molar-refractivity contribution in [3.05, 3.63) is 29.6 Å². The van der Waals surface area contributed by atoms with Crippen molar-refractivity contribution >= 4 is 11.5 Å². The Kier molecular flexibility index (Phi) is 3.22. The smallest absolute Gasteiger partial charge is 0.161 e. The molecule has 1 aliphatic heterocycles. The maximum absolute atomic E-state index is 13.1. The van der Waals surface area contributed by atoms with E-state index in [9.17, 15) is 9.18 Å². The Morgan fingerprint density at radius 2 is 1.94 bits per heavy atom. The fourth-order valence-electron chi connectivity index (χ4n) is 2.20. The van der Waals surface area contributed by atoms with Crippen LogP contribution < -0.4 is 4.90 Å². The minimum Gasteiger partial charge on any atom is -0.371 e. The molecule has 2 rings (SSSR count). The van der Waals surface area contributed by atoms with Gasteiger partial charge in [0.1, 0.15) is 5.82 Å². The molecule has 1 heterocycles. The van der Waals surface area contributed by atoms with Crippen LogP contribution in [0.15, 0.2) is 18.2 Å². The maximum Gasteiger partial charge on any atom is 0.161 e. The molecule has 0 saturated carbocycles. The van der Waals surface area contributed by atoms with Crippen molar-refractivity contribution in [1.29, 1.82) is 0 Å². The average Bonchev–Trinajstić information content (AvgIpc) is 2.30. The van der Waals surface area contributed by atoms with E-state index in [-0.39, 0.29) is 11.6 Å². The summed E-state index contributed by atoms with van der Waals surface area (Å²) >= 11 is 0. The summed E-state index contributed by atoms with van der Waals surface area (Å²) in [7, 11) is 0. The third-order valence-electron chi connectivity index (χ3n) is 3.03. The molecule has 3 heteroatoms. The first-order valence-corrected chi connectivity index (χ1v) is 5.74. The second-order valence-electron chi connectivity index (χ2n) is 4.27. The number of hydrogen-bond donors (Lipinski definition) is 0. The molecule has 0 aromatic heterocycles. The van der Waals surface area contributed by atoms with Gasteiger partial charge in [-0.1, -0.05) is 0 Å². The molecule has 0 aliphatic carbocycles. The summed E-state index contributed by atoms with van der Waals surface area (Å²) in [4.78, 5) is 13.6. The highest BCUT2D eigenvalue weighted by molar-refractivity contribution is 5.99. The van der Waals surface area contributed by atoms with Crippen LogP contribution in [0.25, 0.3) is 0 Å². The van der Waals surface area contributed by atoms with Crippen LogP contribution >= 0.6 is 0 Å². The SMILES string of the molecule is CC(=O)c1cc(F)ccc1N1CCCCC1. The number of benzene rings is 1. The van der Waals surface area contributed by atoms with Crippen molar-refractivity contribution in [2.24, 2.45) is 0 Å². The molecule has 0 unspecified atom stereocenters. The van der Waals surface area contributed by atoms with Gasteiger partial charge in [-0.3, -0.25) is 4.79 Å². The second kappa shape index (κ2) is 4.64. The number of rotatable bonds is 2. The number of halogens is 1. The molecule has 0 spiro atoms. The first kappa shape index (κ1) is 11.1. The fourth-order valence-corrected chi connectivity index (χ4v) is 2.20. The third kappa shape index (κ3) is 2.23. The number of hydrogen-bond acceptors (Lipinski definition) is 2. The predicted molar refractivity (Wildman–Crippen MR) is 62.5 cm³/mol. The van der Waals surface area contributed by atoms with E-state index in [1.54, 1.807) is 6.07 Å². The van der Waals surface area contributed by atoms with Gasteiger partial charge in [-0.2, -0.15) is 0 Å². The molecular formula is C13H16FNO. The zero-order chi connectivity index (χ0) is 11.5. The van der Waals surface area contributed by atoms with Crippen LogP contribution in [0.4, 0.5) is 10.1 Å². The largest absolute Gasteiger partial charge is 0.371 e. The summed E-state index contributed by atoms with van der Waals surface area (Å²) in [6.45, 7) is 3.42. The van der Waals surface area contributed by atoms with Crippen molar-refractivity contribution in [2.75, 3.05) is 18.0 Å². The van der Waals surface area contributed by atoms with Gasteiger partial charge in [-0.25, -0.2) is 4.39 Å². The van der Waals surface area contributed by atoms with Gasteiger partial charge < -0.3 is 4.90 Å². The lowest BCUT2D eigenvalue weighted by atomic mass is 10.0. The van der Waals surface area contributed by atoms with E-state index in [4.69, 9.17) is 0 Å². The Balaban J connectivity index is 2.34. The lowest BCUT2D eigenvalue weighted by Gasteiger charge is -2.30. The normalized spacial score (nSPS) is 16.2. The van der Waals surface area contributed by atoms with Crippen LogP contribution in [0.1, 0.15) is 36.5 Å². The van der Waals surface area contributed by atoms with Crippen LogP contribution in [-0.2, 0) is 0 Å². The molecule has 2 nitrogen and oxygen atoms in total. The number of piperidine rings is 1. The van der Waals surface area contributed by atoms with Gasteiger partial charge in [0.15, 0.2) is 5.78 Å². The Labute approximate surface area is 95.1 Å². The van der Waals surface area contributed by atoms with Gasteiger partial charge >= 0.3 is 0 Å². The van der Waals surface area contributed by atoms with Crippen molar-refractivity contribution in [1.82, 2.24) is 0 Å². The summed E-state index contributed by atoms with van der Waals surface area (Å²) in [5, 5.41) is 0. The van der Waals surface area contributed by atoms with Crippen molar-refractivity contribution < 1.29 is 9.18 Å². The van der Waals surface area contributed by atoms with Crippen LogP contribution in [0.2, 0.25) is 0 Å². The molecular weight excluding hydrogens is 205 g/mol. The molecule has 86 valence electrons. The lowest BCUT2D eigenvalue weighted by molar-refractivity contribution is 0.101. The summed E-state index contributed by atoms with van der Waals surface area (Å²) < 4.78 is 13.1. The number of carbonyl (C=O) groups is 1. The van der Waals surface area contributed by atoms with Crippen molar-refractivity contribution in [3.63, 3.8) is 0 Å². The van der Waals surface area contributed by atoms with E-state index in [0.29, 0.717) is 5.56 Å². The molecule has 0 atom stereocenters. The summed E-state index contributed by atoms with van der Waals surface area (Å²) in [6.07, 6.45) is 3.54. The first-order chi connectivity index (χ1) is 7.68. The molecule has 0 N–H and O–H groups in total. The highest BCUT2D eigenvalue weighted by Gasteiger charge is 2.16. The van der Waals surface area contributed by atoms with E-state index in [0.717, 1.165) is 31.6 Å². The Bertz CT molecular complexity index is 397. The summed E-state index contributed by atoms with van der Waals surface area (Å²) in [5.41, 5.74) is 1.38. The highest BCUT2D eigenvalue weighted by atomic mass is 19.1. The molecule has 1 fully saturated rings. The maximum atomic E-state index is 13.1. The van der Waals surface area contributed by atoms with Gasteiger partial charge in [0.2, 0.25) is 0 Å². The molecule has 1 aromatic carbocycles. The van der Waals surface area contributed by atoms with Gasteiger partial charge in [0.25, 0.3) is 0 Å². The number of anilines is 1. The van der Waals surface area contributed by atoms with Crippen LogP contribution in [0.5, 0.6) is 0 Å². The number of nitrogens with zero attached hydrogens (tertiary/aromatic N) is 1. The molecule has 1 saturated heterocycles. The number of ketones is 1. The minimum atomic E-state index is -0.342. The highest BCUT2D eigenvalue weighted by Crippen LogP contribution is 2.25. The summed E-state index contributed by atoms with van der Waals surface area (Å²) in [6, 6.07) is 4.49. The topological polar surface area (TPSA) is 20.3 Å². The molecule has 0 amide bonds.